The first-order valence-corrected chi connectivity index (χ1v) is 10.9. The van der Waals surface area contributed by atoms with Crippen LogP contribution in [-0.2, 0) is 16.1 Å². The van der Waals surface area contributed by atoms with Gasteiger partial charge in [0.05, 0.1) is 18.2 Å². The Bertz CT molecular complexity index is 1090. The molecule has 2 aromatic heterocycles. The number of Topliss-reactive ketones (excluding diaryl/α,β-unsaturated/α-hetero) is 1. The number of thiophene rings is 1. The zero-order chi connectivity index (χ0) is 21.8. The summed E-state index contributed by atoms with van der Waals surface area (Å²) in [7, 11) is 0. The van der Waals surface area contributed by atoms with Crippen molar-refractivity contribution < 1.29 is 19.4 Å². The van der Waals surface area contributed by atoms with E-state index in [2.05, 4.69) is 4.98 Å². The van der Waals surface area contributed by atoms with Crippen LogP contribution in [0.25, 0.3) is 5.76 Å². The van der Waals surface area contributed by atoms with Gasteiger partial charge in [0.1, 0.15) is 11.5 Å². The van der Waals surface area contributed by atoms with Gasteiger partial charge in [-0.3, -0.25) is 14.6 Å². The van der Waals surface area contributed by atoms with Crippen molar-refractivity contribution >= 4 is 28.8 Å². The number of aliphatic hydroxyl groups is 1. The largest absolute Gasteiger partial charge is 0.507 e. The van der Waals surface area contributed by atoms with Crippen LogP contribution in [0, 0.1) is 0 Å². The Morgan fingerprint density at radius 2 is 1.97 bits per heavy atom. The first-order valence-electron chi connectivity index (χ1n) is 10.0. The summed E-state index contributed by atoms with van der Waals surface area (Å²) >= 11 is 1.44. The van der Waals surface area contributed by atoms with Gasteiger partial charge in [0, 0.05) is 29.4 Å². The number of rotatable bonds is 7. The van der Waals surface area contributed by atoms with Crippen LogP contribution < -0.4 is 4.74 Å². The van der Waals surface area contributed by atoms with E-state index in [4.69, 9.17) is 4.74 Å². The molecule has 7 heteroatoms. The molecule has 1 atom stereocenters. The molecule has 0 unspecified atom stereocenters. The Morgan fingerprint density at radius 1 is 1.16 bits per heavy atom. The van der Waals surface area contributed by atoms with Crippen LogP contribution in [0.4, 0.5) is 0 Å². The highest BCUT2D eigenvalue weighted by atomic mass is 32.1. The van der Waals surface area contributed by atoms with Crippen molar-refractivity contribution in [3.8, 4) is 5.75 Å². The molecule has 3 heterocycles. The average Bonchev–Trinajstić information content (AvgIpc) is 3.41. The number of nitrogens with zero attached hydrogens (tertiary/aromatic N) is 2. The van der Waals surface area contributed by atoms with Gasteiger partial charge in [-0.15, -0.1) is 11.3 Å². The lowest BCUT2D eigenvalue weighted by Crippen LogP contribution is -2.28. The maximum Gasteiger partial charge on any atom is 0.295 e. The molecule has 1 amide bonds. The number of amides is 1. The third-order valence-corrected chi connectivity index (χ3v) is 5.95. The van der Waals surface area contributed by atoms with Crippen molar-refractivity contribution in [3.05, 3.63) is 87.9 Å². The quantitative estimate of drug-likeness (QED) is 0.335. The molecule has 0 aliphatic carbocycles. The third-order valence-electron chi connectivity index (χ3n) is 5.03. The van der Waals surface area contributed by atoms with E-state index < -0.39 is 17.7 Å². The van der Waals surface area contributed by atoms with Gasteiger partial charge in [0.2, 0.25) is 0 Å². The first kappa shape index (κ1) is 20.8. The minimum Gasteiger partial charge on any atom is -0.507 e. The Kier molecular flexibility index (Phi) is 6.13. The minimum absolute atomic E-state index is 0.0959. The molecule has 1 saturated heterocycles. The molecule has 1 fully saturated rings. The normalized spacial score (nSPS) is 17.8. The van der Waals surface area contributed by atoms with Crippen LogP contribution in [0.15, 0.2) is 71.9 Å². The molecule has 1 aliphatic rings. The third kappa shape index (κ3) is 4.22. The Labute approximate surface area is 184 Å². The Balaban J connectivity index is 1.74. The standard InChI is InChI=1S/C24H22N2O4S/c1-2-12-30-18-9-7-17(8-10-18)22(27)20-21(19-6-4-13-31-19)26(24(29)23(20)28)15-16-5-3-11-25-14-16/h3-11,13-14,21,27H,2,12,15H2,1H3/t21-/m0/s1. The van der Waals surface area contributed by atoms with E-state index in [1.807, 2.05) is 30.5 Å². The lowest BCUT2D eigenvalue weighted by Gasteiger charge is -2.24. The van der Waals surface area contributed by atoms with Crippen molar-refractivity contribution in [2.75, 3.05) is 6.61 Å². The van der Waals surface area contributed by atoms with Crippen LogP contribution in [0.5, 0.6) is 5.75 Å². The molecule has 1 aliphatic heterocycles. The molecular weight excluding hydrogens is 412 g/mol. The summed E-state index contributed by atoms with van der Waals surface area (Å²) in [5.41, 5.74) is 1.37. The van der Waals surface area contributed by atoms with E-state index >= 15 is 0 Å². The molecule has 0 saturated carbocycles. The van der Waals surface area contributed by atoms with Crippen LogP contribution in [-0.4, -0.2) is 33.3 Å². The molecule has 1 N–H and O–H groups in total. The van der Waals surface area contributed by atoms with Crippen LogP contribution in [0.2, 0.25) is 0 Å². The SMILES string of the molecule is CCCOc1ccc(C(O)=C2C(=O)C(=O)N(Cc3cccnc3)[C@H]2c2cccs2)cc1. The first-order chi connectivity index (χ1) is 15.1. The second-order valence-electron chi connectivity index (χ2n) is 7.18. The van der Waals surface area contributed by atoms with E-state index in [-0.39, 0.29) is 17.9 Å². The fraction of sp³-hybridized carbons (Fsp3) is 0.208. The minimum atomic E-state index is -0.689. The number of hydrogen-bond acceptors (Lipinski definition) is 6. The van der Waals surface area contributed by atoms with Gasteiger partial charge in [0.15, 0.2) is 0 Å². The van der Waals surface area contributed by atoms with E-state index in [0.29, 0.717) is 17.9 Å². The van der Waals surface area contributed by atoms with Gasteiger partial charge in [-0.25, -0.2) is 0 Å². The number of likely N-dealkylation sites (tertiary alicyclic amines) is 1. The Hall–Kier alpha value is -3.45. The second kappa shape index (κ2) is 9.14. The molecular formula is C24H22N2O4S. The van der Waals surface area contributed by atoms with Crippen molar-refractivity contribution in [1.29, 1.82) is 0 Å². The molecule has 3 aromatic rings. The van der Waals surface area contributed by atoms with Crippen LogP contribution in [0.3, 0.4) is 0 Å². The summed E-state index contributed by atoms with van der Waals surface area (Å²) in [4.78, 5) is 32.3. The number of carbonyl (C=O) groups excluding carboxylic acids is 2. The summed E-state index contributed by atoms with van der Waals surface area (Å²) in [6.45, 7) is 2.85. The lowest BCUT2D eigenvalue weighted by molar-refractivity contribution is -0.140. The van der Waals surface area contributed by atoms with E-state index in [0.717, 1.165) is 16.9 Å². The lowest BCUT2D eigenvalue weighted by atomic mass is 9.99. The molecule has 6 nitrogen and oxygen atoms in total. The van der Waals surface area contributed by atoms with Gasteiger partial charge >= 0.3 is 0 Å². The number of ketones is 1. The van der Waals surface area contributed by atoms with Crippen molar-refractivity contribution in [3.63, 3.8) is 0 Å². The van der Waals surface area contributed by atoms with Gasteiger partial charge in [-0.05, 0) is 53.8 Å². The fourth-order valence-electron chi connectivity index (χ4n) is 3.56. The highest BCUT2D eigenvalue weighted by molar-refractivity contribution is 7.10. The van der Waals surface area contributed by atoms with Crippen molar-refractivity contribution in [1.82, 2.24) is 9.88 Å². The highest BCUT2D eigenvalue weighted by Gasteiger charge is 2.46. The topological polar surface area (TPSA) is 79.7 Å². The highest BCUT2D eigenvalue weighted by Crippen LogP contribution is 2.41. The van der Waals surface area contributed by atoms with Crippen molar-refractivity contribution in [2.24, 2.45) is 0 Å². The van der Waals surface area contributed by atoms with Gasteiger partial charge in [0.25, 0.3) is 11.7 Å². The number of aliphatic hydroxyl groups excluding tert-OH is 1. The number of benzene rings is 1. The fourth-order valence-corrected chi connectivity index (χ4v) is 4.40. The van der Waals surface area contributed by atoms with Crippen molar-refractivity contribution in [2.45, 2.75) is 25.9 Å². The summed E-state index contributed by atoms with van der Waals surface area (Å²) in [6.07, 6.45) is 4.21. The smallest absolute Gasteiger partial charge is 0.295 e. The molecule has 1 aromatic carbocycles. The zero-order valence-corrected chi connectivity index (χ0v) is 17.8. The summed E-state index contributed by atoms with van der Waals surface area (Å²) in [6, 6.07) is 13.6. The molecule has 0 spiro atoms. The maximum absolute atomic E-state index is 13.0. The van der Waals surface area contributed by atoms with E-state index in [1.165, 1.54) is 16.2 Å². The van der Waals surface area contributed by atoms with Crippen LogP contribution >= 0.6 is 11.3 Å². The molecule has 31 heavy (non-hydrogen) atoms. The predicted octanol–water partition coefficient (Wildman–Crippen LogP) is 4.55. The predicted molar refractivity (Wildman–Crippen MR) is 119 cm³/mol. The van der Waals surface area contributed by atoms with E-state index in [9.17, 15) is 14.7 Å². The number of aromatic nitrogens is 1. The number of hydrogen-bond donors (Lipinski definition) is 1. The summed E-state index contributed by atoms with van der Waals surface area (Å²) in [5.74, 6) is -0.824. The number of carbonyl (C=O) groups is 2. The zero-order valence-electron chi connectivity index (χ0n) is 17.0. The van der Waals surface area contributed by atoms with E-state index in [1.54, 1.807) is 42.7 Å². The summed E-state index contributed by atoms with van der Waals surface area (Å²) < 4.78 is 5.59. The summed E-state index contributed by atoms with van der Waals surface area (Å²) in [5, 5.41) is 12.9. The second-order valence-corrected chi connectivity index (χ2v) is 8.16. The molecule has 0 radical (unpaired) electrons. The van der Waals surface area contributed by atoms with Gasteiger partial charge in [-0.1, -0.05) is 19.1 Å². The number of ether oxygens (including phenoxy) is 1. The number of pyridine rings is 1. The molecule has 158 valence electrons. The van der Waals surface area contributed by atoms with Gasteiger partial charge < -0.3 is 14.7 Å². The monoisotopic (exact) mass is 434 g/mol. The van der Waals surface area contributed by atoms with Crippen LogP contribution in [0.1, 0.15) is 35.4 Å². The van der Waals surface area contributed by atoms with Gasteiger partial charge in [-0.2, -0.15) is 0 Å². The molecule has 4 rings (SSSR count). The maximum atomic E-state index is 13.0. The average molecular weight is 435 g/mol. The Morgan fingerprint density at radius 3 is 2.61 bits per heavy atom. The molecule has 0 bridgehead atoms.